The first-order valence-corrected chi connectivity index (χ1v) is 4.87. The Morgan fingerprint density at radius 2 is 2.23 bits per heavy atom. The molecule has 0 spiro atoms. The van der Waals surface area contributed by atoms with E-state index in [-0.39, 0.29) is 5.75 Å². The van der Waals surface area contributed by atoms with E-state index in [2.05, 4.69) is 0 Å². The van der Waals surface area contributed by atoms with Crippen molar-refractivity contribution in [1.29, 1.82) is 0 Å². The van der Waals surface area contributed by atoms with Gasteiger partial charge in [0.25, 0.3) is 0 Å². The second-order valence-corrected chi connectivity index (χ2v) is 4.24. The molecule has 13 heavy (non-hydrogen) atoms. The first-order valence-electron chi connectivity index (χ1n) is 3.67. The molecule has 0 aliphatic carbocycles. The van der Waals surface area contributed by atoms with Gasteiger partial charge in [0, 0.05) is 10.1 Å². The van der Waals surface area contributed by atoms with Crippen LogP contribution in [-0.4, -0.2) is 12.2 Å². The molecule has 0 radical (unpaired) electrons. The van der Waals surface area contributed by atoms with Gasteiger partial charge < -0.3 is 9.84 Å². The minimum absolute atomic E-state index is 0.157. The lowest BCUT2D eigenvalue weighted by Gasteiger charge is -1.97. The van der Waals surface area contributed by atoms with Gasteiger partial charge in [-0.25, -0.2) is 0 Å². The second-order valence-electron chi connectivity index (χ2n) is 2.59. The minimum Gasteiger partial charge on any atom is -0.505 e. The first-order chi connectivity index (χ1) is 6.22. The number of aromatic hydroxyl groups is 1. The molecule has 2 nitrogen and oxygen atoms in total. The quantitative estimate of drug-likeness (QED) is 0.790. The van der Waals surface area contributed by atoms with Gasteiger partial charge in [-0.3, -0.25) is 0 Å². The monoisotopic (exact) mass is 214 g/mol. The molecular formula is C9H7ClO2S. The molecule has 0 aliphatic heterocycles. The number of ether oxygens (including phenoxy) is 1. The number of methoxy groups -OCH3 is 1. The standard InChI is InChI=1S/C9H7ClO2S/c1-12-5-2-3-6-7(4-5)13-9(10)8(6)11/h2-4,11H,1H3. The highest BCUT2D eigenvalue weighted by Crippen LogP contribution is 2.41. The van der Waals surface area contributed by atoms with Crippen molar-refractivity contribution in [3.63, 3.8) is 0 Å². The van der Waals surface area contributed by atoms with Crippen LogP contribution in [0.2, 0.25) is 4.34 Å². The van der Waals surface area contributed by atoms with Crippen LogP contribution in [0.4, 0.5) is 0 Å². The van der Waals surface area contributed by atoms with E-state index in [0.29, 0.717) is 4.34 Å². The van der Waals surface area contributed by atoms with Crippen molar-refractivity contribution in [3.8, 4) is 11.5 Å². The molecule has 0 atom stereocenters. The zero-order valence-electron chi connectivity index (χ0n) is 6.87. The molecule has 2 aromatic rings. The van der Waals surface area contributed by atoms with Crippen LogP contribution in [0.1, 0.15) is 0 Å². The SMILES string of the molecule is COc1ccc2c(O)c(Cl)sc2c1. The smallest absolute Gasteiger partial charge is 0.152 e. The van der Waals surface area contributed by atoms with Gasteiger partial charge in [0.15, 0.2) is 5.75 Å². The van der Waals surface area contributed by atoms with E-state index >= 15 is 0 Å². The van der Waals surface area contributed by atoms with Crippen LogP contribution < -0.4 is 4.74 Å². The Kier molecular flexibility index (Phi) is 2.06. The summed E-state index contributed by atoms with van der Waals surface area (Å²) in [5.74, 6) is 0.926. The lowest BCUT2D eigenvalue weighted by Crippen LogP contribution is -1.79. The minimum atomic E-state index is 0.157. The fourth-order valence-corrected chi connectivity index (χ4v) is 2.36. The third kappa shape index (κ3) is 1.34. The summed E-state index contributed by atoms with van der Waals surface area (Å²) in [6, 6.07) is 5.45. The Bertz CT molecular complexity index is 450. The molecule has 1 heterocycles. The molecule has 0 fully saturated rings. The topological polar surface area (TPSA) is 29.5 Å². The molecule has 0 amide bonds. The summed E-state index contributed by atoms with van der Waals surface area (Å²) >= 11 is 7.12. The molecular weight excluding hydrogens is 208 g/mol. The van der Waals surface area contributed by atoms with Gasteiger partial charge in [-0.15, -0.1) is 11.3 Å². The zero-order chi connectivity index (χ0) is 9.42. The number of hydrogen-bond acceptors (Lipinski definition) is 3. The molecule has 4 heteroatoms. The Morgan fingerprint density at radius 1 is 1.46 bits per heavy atom. The maximum absolute atomic E-state index is 9.50. The van der Waals surface area contributed by atoms with Gasteiger partial charge in [-0.2, -0.15) is 0 Å². The Morgan fingerprint density at radius 3 is 2.92 bits per heavy atom. The predicted molar refractivity (Wildman–Crippen MR) is 55.1 cm³/mol. The van der Waals surface area contributed by atoms with E-state index in [1.165, 1.54) is 11.3 Å². The molecule has 0 saturated heterocycles. The van der Waals surface area contributed by atoms with Crippen LogP contribution in [0.15, 0.2) is 18.2 Å². The largest absolute Gasteiger partial charge is 0.505 e. The highest BCUT2D eigenvalue weighted by atomic mass is 35.5. The van der Waals surface area contributed by atoms with Gasteiger partial charge in [0.1, 0.15) is 10.1 Å². The number of halogens is 1. The van der Waals surface area contributed by atoms with Crippen LogP contribution >= 0.6 is 22.9 Å². The highest BCUT2D eigenvalue weighted by Gasteiger charge is 2.09. The summed E-state index contributed by atoms with van der Waals surface area (Å²) in [5.41, 5.74) is 0. The van der Waals surface area contributed by atoms with E-state index in [0.717, 1.165) is 15.8 Å². The molecule has 0 bridgehead atoms. The van der Waals surface area contributed by atoms with E-state index in [1.807, 2.05) is 6.07 Å². The highest BCUT2D eigenvalue weighted by molar-refractivity contribution is 7.23. The maximum atomic E-state index is 9.50. The van der Waals surface area contributed by atoms with Crippen molar-refractivity contribution in [2.24, 2.45) is 0 Å². The molecule has 2 rings (SSSR count). The Labute approximate surface area is 84.3 Å². The Hall–Kier alpha value is -0.930. The molecule has 1 aromatic carbocycles. The predicted octanol–water partition coefficient (Wildman–Crippen LogP) is 3.27. The fourth-order valence-electron chi connectivity index (χ4n) is 1.16. The van der Waals surface area contributed by atoms with Crippen LogP contribution in [0.3, 0.4) is 0 Å². The maximum Gasteiger partial charge on any atom is 0.152 e. The molecule has 1 N–H and O–H groups in total. The number of thiophene rings is 1. The fraction of sp³-hybridized carbons (Fsp3) is 0.111. The van der Waals surface area contributed by atoms with Crippen LogP contribution in [0.5, 0.6) is 11.5 Å². The summed E-state index contributed by atoms with van der Waals surface area (Å²) in [6.07, 6.45) is 0. The molecule has 0 saturated carbocycles. The lowest BCUT2D eigenvalue weighted by atomic mass is 10.2. The summed E-state index contributed by atoms with van der Waals surface area (Å²) in [6.45, 7) is 0. The van der Waals surface area contributed by atoms with Crippen molar-refractivity contribution in [1.82, 2.24) is 0 Å². The van der Waals surface area contributed by atoms with E-state index in [4.69, 9.17) is 16.3 Å². The molecule has 1 aromatic heterocycles. The summed E-state index contributed by atoms with van der Waals surface area (Å²) in [7, 11) is 1.61. The summed E-state index contributed by atoms with van der Waals surface area (Å²) in [4.78, 5) is 0. The van der Waals surface area contributed by atoms with Crippen molar-refractivity contribution in [3.05, 3.63) is 22.5 Å². The van der Waals surface area contributed by atoms with Gasteiger partial charge in [-0.05, 0) is 18.2 Å². The average molecular weight is 215 g/mol. The van der Waals surface area contributed by atoms with E-state index in [9.17, 15) is 5.11 Å². The molecule has 0 aliphatic rings. The van der Waals surface area contributed by atoms with Crippen molar-refractivity contribution < 1.29 is 9.84 Å². The lowest BCUT2D eigenvalue weighted by molar-refractivity contribution is 0.415. The summed E-state index contributed by atoms with van der Waals surface area (Å²) in [5, 5.41) is 10.3. The van der Waals surface area contributed by atoms with Crippen LogP contribution in [-0.2, 0) is 0 Å². The number of fused-ring (bicyclic) bond motifs is 1. The normalized spacial score (nSPS) is 10.6. The average Bonchev–Trinajstić information content (AvgIpc) is 2.42. The first kappa shape index (κ1) is 8.66. The van der Waals surface area contributed by atoms with Crippen molar-refractivity contribution in [2.75, 3.05) is 7.11 Å². The second kappa shape index (κ2) is 3.09. The third-order valence-electron chi connectivity index (χ3n) is 1.83. The number of rotatable bonds is 1. The number of hydrogen-bond donors (Lipinski definition) is 1. The van der Waals surface area contributed by atoms with Crippen LogP contribution in [0.25, 0.3) is 10.1 Å². The zero-order valence-corrected chi connectivity index (χ0v) is 8.45. The van der Waals surface area contributed by atoms with Gasteiger partial charge in [0.2, 0.25) is 0 Å². The van der Waals surface area contributed by atoms with Crippen LogP contribution in [0, 0.1) is 0 Å². The van der Waals surface area contributed by atoms with Gasteiger partial charge in [0.05, 0.1) is 7.11 Å². The van der Waals surface area contributed by atoms with E-state index < -0.39 is 0 Å². The summed E-state index contributed by atoms with van der Waals surface area (Å²) < 4.78 is 6.41. The van der Waals surface area contributed by atoms with Gasteiger partial charge in [-0.1, -0.05) is 11.6 Å². The van der Waals surface area contributed by atoms with Crippen molar-refractivity contribution >= 4 is 33.0 Å². The number of benzene rings is 1. The van der Waals surface area contributed by atoms with E-state index in [1.54, 1.807) is 19.2 Å². The Balaban J connectivity index is 2.73. The van der Waals surface area contributed by atoms with Crippen molar-refractivity contribution in [2.45, 2.75) is 0 Å². The van der Waals surface area contributed by atoms with Gasteiger partial charge >= 0.3 is 0 Å². The molecule has 0 unspecified atom stereocenters. The third-order valence-corrected chi connectivity index (χ3v) is 3.17. The molecule has 68 valence electrons.